The van der Waals surface area contributed by atoms with Gasteiger partial charge in [-0.15, -0.1) is 0 Å². The van der Waals surface area contributed by atoms with Gasteiger partial charge in [0.15, 0.2) is 5.84 Å². The van der Waals surface area contributed by atoms with Crippen LogP contribution in [0.2, 0.25) is 0 Å². The van der Waals surface area contributed by atoms with E-state index >= 15 is 0 Å². The summed E-state index contributed by atoms with van der Waals surface area (Å²) in [5.41, 5.74) is 2.41. The molecule has 114 valence electrons. The third-order valence-electron chi connectivity index (χ3n) is 3.63. The van der Waals surface area contributed by atoms with Gasteiger partial charge >= 0.3 is 0 Å². The minimum Gasteiger partial charge on any atom is -0.350 e. The number of aliphatic imine (C=N–C) groups is 2. The first-order valence-corrected chi connectivity index (χ1v) is 7.23. The van der Waals surface area contributed by atoms with Crippen LogP contribution in [-0.2, 0) is 7.05 Å². The Labute approximate surface area is 129 Å². The summed E-state index contributed by atoms with van der Waals surface area (Å²) in [5, 5.41) is 12.3. The molecule has 0 amide bonds. The molecule has 0 bridgehead atoms. The lowest BCUT2D eigenvalue weighted by Gasteiger charge is -2.27. The summed E-state index contributed by atoms with van der Waals surface area (Å²) in [6.45, 7) is 5.77. The summed E-state index contributed by atoms with van der Waals surface area (Å²) in [7, 11) is 2.01. The predicted octanol–water partition coefficient (Wildman–Crippen LogP) is 3.34. The third kappa shape index (κ3) is 2.55. The highest BCUT2D eigenvalue weighted by molar-refractivity contribution is 6.16. The average Bonchev–Trinajstić information content (AvgIpc) is 3.03. The number of hydrogen-bond acceptors (Lipinski definition) is 4. The van der Waals surface area contributed by atoms with E-state index < -0.39 is 0 Å². The number of aromatic nitrogens is 1. The van der Waals surface area contributed by atoms with Crippen molar-refractivity contribution < 1.29 is 5.21 Å². The Bertz CT molecular complexity index is 806. The van der Waals surface area contributed by atoms with Gasteiger partial charge in [-0.3, -0.25) is 10.3 Å². The van der Waals surface area contributed by atoms with Crippen molar-refractivity contribution in [3.05, 3.63) is 47.9 Å². The molecule has 0 atom stereocenters. The molecular formula is C17H20N4O. The second kappa shape index (κ2) is 5.10. The third-order valence-corrected chi connectivity index (χ3v) is 3.63. The van der Waals surface area contributed by atoms with Gasteiger partial charge in [-0.2, -0.15) is 0 Å². The first-order valence-electron chi connectivity index (χ1n) is 7.23. The molecule has 0 fully saturated rings. The molecule has 1 aromatic carbocycles. The molecule has 0 spiro atoms. The molecule has 0 saturated heterocycles. The van der Waals surface area contributed by atoms with Crippen LogP contribution in [0.3, 0.4) is 0 Å². The Kier molecular flexibility index (Phi) is 3.37. The molecule has 2 heterocycles. The summed E-state index contributed by atoms with van der Waals surface area (Å²) >= 11 is 0. The molecule has 5 nitrogen and oxygen atoms in total. The molecule has 1 N–H and O–H groups in total. The van der Waals surface area contributed by atoms with E-state index in [9.17, 15) is 5.21 Å². The average molecular weight is 296 g/mol. The number of rotatable bonds is 2. The highest BCUT2D eigenvalue weighted by atomic mass is 16.5. The molecule has 1 aromatic heterocycles. The summed E-state index contributed by atoms with van der Waals surface area (Å²) in [6.07, 6.45) is 5.30. The van der Waals surface area contributed by atoms with Crippen molar-refractivity contribution in [1.82, 2.24) is 9.63 Å². The Morgan fingerprint density at radius 2 is 1.95 bits per heavy atom. The topological polar surface area (TPSA) is 53.1 Å². The van der Waals surface area contributed by atoms with E-state index in [-0.39, 0.29) is 5.54 Å². The maximum absolute atomic E-state index is 10.0. The molecule has 0 radical (unpaired) electrons. The van der Waals surface area contributed by atoms with Crippen molar-refractivity contribution in [2.24, 2.45) is 17.0 Å². The zero-order valence-electron chi connectivity index (χ0n) is 13.3. The normalized spacial score (nSPS) is 16.6. The number of benzene rings is 1. The zero-order valence-corrected chi connectivity index (χ0v) is 13.3. The smallest absolute Gasteiger partial charge is 0.162 e. The minimum absolute atomic E-state index is 0.376. The van der Waals surface area contributed by atoms with Crippen molar-refractivity contribution in [3.63, 3.8) is 0 Å². The van der Waals surface area contributed by atoms with E-state index in [1.54, 1.807) is 12.4 Å². The van der Waals surface area contributed by atoms with E-state index in [2.05, 4.69) is 26.7 Å². The molecule has 5 heteroatoms. The predicted molar refractivity (Wildman–Crippen MR) is 89.4 cm³/mol. The number of aryl methyl sites for hydroxylation is 1. The standard InChI is InChI=1S/C17H20N4O/c1-17(2,3)21(22)10-12-9-18-16(19-12)14-11-20(4)15-8-6-5-7-13(14)15/h5-11,22H,1-4H3. The monoisotopic (exact) mass is 296 g/mol. The number of amidine groups is 1. The van der Waals surface area contributed by atoms with Gasteiger partial charge in [0.25, 0.3) is 0 Å². The van der Waals surface area contributed by atoms with Gasteiger partial charge in [-0.25, -0.2) is 9.98 Å². The molecule has 1 aliphatic heterocycles. The van der Waals surface area contributed by atoms with Gasteiger partial charge in [0.2, 0.25) is 0 Å². The van der Waals surface area contributed by atoms with Gasteiger partial charge in [-0.1, -0.05) is 18.2 Å². The minimum atomic E-state index is -0.376. The van der Waals surface area contributed by atoms with Crippen LogP contribution in [0.25, 0.3) is 10.9 Å². The number of fused-ring (bicyclic) bond motifs is 1. The van der Waals surface area contributed by atoms with Crippen LogP contribution in [0.4, 0.5) is 0 Å². The van der Waals surface area contributed by atoms with Crippen molar-refractivity contribution in [2.45, 2.75) is 26.3 Å². The molecular weight excluding hydrogens is 276 g/mol. The van der Waals surface area contributed by atoms with Crippen LogP contribution in [0.5, 0.6) is 0 Å². The van der Waals surface area contributed by atoms with E-state index in [0.717, 1.165) is 21.5 Å². The fourth-order valence-corrected chi connectivity index (χ4v) is 2.34. The number of nitrogens with zero attached hydrogens (tertiary/aromatic N) is 4. The first-order chi connectivity index (χ1) is 10.4. The quantitative estimate of drug-likeness (QED) is 0.864. The van der Waals surface area contributed by atoms with Gasteiger partial charge in [0, 0.05) is 29.7 Å². The Morgan fingerprint density at radius 1 is 1.23 bits per heavy atom. The van der Waals surface area contributed by atoms with Crippen molar-refractivity contribution in [3.8, 4) is 0 Å². The van der Waals surface area contributed by atoms with Gasteiger partial charge in [-0.05, 0) is 26.8 Å². The lowest BCUT2D eigenvalue weighted by Crippen LogP contribution is -2.34. The Morgan fingerprint density at radius 3 is 2.68 bits per heavy atom. The van der Waals surface area contributed by atoms with Crippen LogP contribution < -0.4 is 0 Å². The van der Waals surface area contributed by atoms with E-state index in [1.165, 1.54) is 0 Å². The van der Waals surface area contributed by atoms with Crippen LogP contribution in [-0.4, -0.2) is 32.4 Å². The molecule has 22 heavy (non-hydrogen) atoms. The Balaban J connectivity index is 1.99. The molecule has 0 unspecified atom stereocenters. The molecule has 2 aromatic rings. The number of para-hydroxylation sites is 1. The maximum Gasteiger partial charge on any atom is 0.162 e. The van der Waals surface area contributed by atoms with Crippen LogP contribution in [0, 0.1) is 0 Å². The van der Waals surface area contributed by atoms with Crippen molar-refractivity contribution in [2.75, 3.05) is 0 Å². The highest BCUT2D eigenvalue weighted by Crippen LogP contribution is 2.24. The summed E-state index contributed by atoms with van der Waals surface area (Å²) in [4.78, 5) is 8.91. The zero-order chi connectivity index (χ0) is 15.9. The van der Waals surface area contributed by atoms with E-state index in [0.29, 0.717) is 11.5 Å². The molecule has 0 aliphatic carbocycles. The molecule has 0 saturated carbocycles. The fourth-order valence-electron chi connectivity index (χ4n) is 2.34. The van der Waals surface area contributed by atoms with Gasteiger partial charge in [0.1, 0.15) is 5.70 Å². The highest BCUT2D eigenvalue weighted by Gasteiger charge is 2.19. The summed E-state index contributed by atoms with van der Waals surface area (Å²) < 4.78 is 2.07. The van der Waals surface area contributed by atoms with E-state index in [4.69, 9.17) is 0 Å². The lowest BCUT2D eigenvalue weighted by atomic mass is 10.1. The van der Waals surface area contributed by atoms with Gasteiger partial charge < -0.3 is 4.57 Å². The number of allylic oxidation sites excluding steroid dienone is 1. The molecule has 1 aliphatic rings. The van der Waals surface area contributed by atoms with Crippen LogP contribution >= 0.6 is 0 Å². The summed E-state index contributed by atoms with van der Waals surface area (Å²) in [5.74, 6) is 0.672. The second-order valence-corrected chi connectivity index (χ2v) is 6.43. The second-order valence-electron chi connectivity index (χ2n) is 6.43. The fraction of sp³-hybridized carbons (Fsp3) is 0.294. The largest absolute Gasteiger partial charge is 0.350 e. The molecule has 3 rings (SSSR count). The number of hydroxylamine groups is 2. The Hall–Kier alpha value is -2.40. The summed E-state index contributed by atoms with van der Waals surface area (Å²) in [6, 6.07) is 8.17. The van der Waals surface area contributed by atoms with Gasteiger partial charge in [0.05, 0.1) is 18.0 Å². The SMILES string of the molecule is Cn1cc(C2=NC(=CN(O)C(C)(C)C)C=N2)c2ccccc21. The van der Waals surface area contributed by atoms with Crippen molar-refractivity contribution >= 4 is 23.0 Å². The maximum atomic E-state index is 10.0. The van der Waals surface area contributed by atoms with E-state index in [1.807, 2.05) is 46.1 Å². The number of hydrogen-bond donors (Lipinski definition) is 1. The van der Waals surface area contributed by atoms with Crippen LogP contribution in [0.15, 0.2) is 52.3 Å². The lowest BCUT2D eigenvalue weighted by molar-refractivity contribution is -0.110. The van der Waals surface area contributed by atoms with Crippen LogP contribution in [0.1, 0.15) is 26.3 Å². The first kappa shape index (κ1) is 14.5. The van der Waals surface area contributed by atoms with Crippen molar-refractivity contribution in [1.29, 1.82) is 0 Å².